The monoisotopic (exact) mass is 293 g/mol. The predicted octanol–water partition coefficient (Wildman–Crippen LogP) is 3.26. The molecule has 3 rings (SSSR count). The highest BCUT2D eigenvalue weighted by molar-refractivity contribution is 7.09. The van der Waals surface area contributed by atoms with Crippen molar-refractivity contribution in [2.45, 2.75) is 52.1 Å². The number of piperidine rings is 1. The molecular formula is C16H27N3S. The number of hydrogen-bond donors (Lipinski definition) is 1. The number of aromatic nitrogens is 1. The summed E-state index contributed by atoms with van der Waals surface area (Å²) in [6.07, 6.45) is 7.30. The van der Waals surface area contributed by atoms with E-state index >= 15 is 0 Å². The lowest BCUT2D eigenvalue weighted by Crippen LogP contribution is -2.41. The van der Waals surface area contributed by atoms with Crippen LogP contribution in [0.1, 0.15) is 49.7 Å². The number of likely N-dealkylation sites (tertiary alicyclic amines) is 1. The summed E-state index contributed by atoms with van der Waals surface area (Å²) in [5.74, 6) is 2.00. The molecule has 1 aliphatic heterocycles. The van der Waals surface area contributed by atoms with Gasteiger partial charge in [-0.3, -0.25) is 4.90 Å². The lowest BCUT2D eigenvalue weighted by Gasteiger charge is -2.41. The first-order valence-corrected chi connectivity index (χ1v) is 9.09. The zero-order valence-corrected chi connectivity index (χ0v) is 13.4. The summed E-state index contributed by atoms with van der Waals surface area (Å²) in [6.45, 7) is 7.73. The Morgan fingerprint density at radius 3 is 3.00 bits per heavy atom. The van der Waals surface area contributed by atoms with Crippen molar-refractivity contribution in [3.8, 4) is 0 Å². The number of fused-ring (bicyclic) bond motifs is 1. The Bertz CT molecular complexity index is 418. The first kappa shape index (κ1) is 14.5. The van der Waals surface area contributed by atoms with Crippen LogP contribution in [0.25, 0.3) is 0 Å². The molecule has 0 amide bonds. The van der Waals surface area contributed by atoms with Gasteiger partial charge in [0.25, 0.3) is 0 Å². The first-order valence-electron chi connectivity index (χ1n) is 8.21. The zero-order chi connectivity index (χ0) is 13.8. The Balaban J connectivity index is 1.51. The number of nitrogens with one attached hydrogen (secondary N) is 1. The highest BCUT2D eigenvalue weighted by Gasteiger charge is 2.31. The van der Waals surface area contributed by atoms with Gasteiger partial charge in [-0.1, -0.05) is 26.2 Å². The maximum absolute atomic E-state index is 4.76. The van der Waals surface area contributed by atoms with Gasteiger partial charge in [-0.05, 0) is 37.8 Å². The fourth-order valence-electron chi connectivity index (χ4n) is 3.78. The van der Waals surface area contributed by atoms with E-state index in [0.29, 0.717) is 0 Å². The molecule has 2 unspecified atom stereocenters. The summed E-state index contributed by atoms with van der Waals surface area (Å²) >= 11 is 1.80. The van der Waals surface area contributed by atoms with E-state index in [1.807, 2.05) is 0 Å². The number of rotatable bonds is 5. The van der Waals surface area contributed by atoms with Gasteiger partial charge in [0.2, 0.25) is 0 Å². The van der Waals surface area contributed by atoms with Crippen LogP contribution in [0.2, 0.25) is 0 Å². The van der Waals surface area contributed by atoms with Crippen LogP contribution in [-0.4, -0.2) is 29.5 Å². The third kappa shape index (κ3) is 3.60. The Kier molecular flexibility index (Phi) is 5.08. The minimum atomic E-state index is 0.922. The van der Waals surface area contributed by atoms with Crippen molar-refractivity contribution < 1.29 is 0 Å². The highest BCUT2D eigenvalue weighted by Crippen LogP contribution is 2.36. The second-order valence-electron chi connectivity index (χ2n) is 6.34. The lowest BCUT2D eigenvalue weighted by atomic mass is 9.75. The largest absolute Gasteiger partial charge is 0.311 e. The molecule has 1 saturated carbocycles. The van der Waals surface area contributed by atoms with Gasteiger partial charge >= 0.3 is 0 Å². The fraction of sp³-hybridized carbons (Fsp3) is 0.812. The van der Waals surface area contributed by atoms with E-state index < -0.39 is 0 Å². The van der Waals surface area contributed by atoms with Crippen LogP contribution < -0.4 is 5.32 Å². The van der Waals surface area contributed by atoms with Crippen molar-refractivity contribution in [1.29, 1.82) is 0 Å². The summed E-state index contributed by atoms with van der Waals surface area (Å²) in [6, 6.07) is 0. The molecule has 112 valence electrons. The smallest absolute Gasteiger partial charge is 0.107 e. The van der Waals surface area contributed by atoms with Crippen LogP contribution in [-0.2, 0) is 13.1 Å². The van der Waals surface area contributed by atoms with Crippen molar-refractivity contribution >= 4 is 11.3 Å². The van der Waals surface area contributed by atoms with Crippen LogP contribution in [0.15, 0.2) is 5.38 Å². The Morgan fingerprint density at radius 2 is 2.15 bits per heavy atom. The van der Waals surface area contributed by atoms with Crippen molar-refractivity contribution in [3.05, 3.63) is 16.1 Å². The van der Waals surface area contributed by atoms with Crippen molar-refractivity contribution in [1.82, 2.24) is 15.2 Å². The van der Waals surface area contributed by atoms with Gasteiger partial charge in [-0.25, -0.2) is 4.98 Å². The summed E-state index contributed by atoms with van der Waals surface area (Å²) in [7, 11) is 0. The molecular weight excluding hydrogens is 266 g/mol. The van der Waals surface area contributed by atoms with E-state index in [-0.39, 0.29) is 0 Å². The van der Waals surface area contributed by atoms with Gasteiger partial charge in [-0.2, -0.15) is 0 Å². The van der Waals surface area contributed by atoms with Crippen LogP contribution in [0.5, 0.6) is 0 Å². The van der Waals surface area contributed by atoms with Crippen LogP contribution in [0, 0.1) is 11.8 Å². The molecule has 2 fully saturated rings. The van der Waals surface area contributed by atoms with Crippen molar-refractivity contribution in [3.63, 3.8) is 0 Å². The molecule has 0 radical (unpaired) electrons. The molecule has 1 aromatic heterocycles. The lowest BCUT2D eigenvalue weighted by molar-refractivity contribution is 0.0813. The second-order valence-corrected chi connectivity index (χ2v) is 7.28. The molecule has 1 saturated heterocycles. The zero-order valence-electron chi connectivity index (χ0n) is 12.6. The summed E-state index contributed by atoms with van der Waals surface area (Å²) in [5, 5.41) is 6.83. The minimum absolute atomic E-state index is 0.922. The predicted molar refractivity (Wildman–Crippen MR) is 84.8 cm³/mol. The molecule has 2 heterocycles. The molecule has 0 spiro atoms. The maximum atomic E-state index is 4.76. The van der Waals surface area contributed by atoms with Crippen molar-refractivity contribution in [2.24, 2.45) is 11.8 Å². The normalized spacial score (nSPS) is 27.4. The summed E-state index contributed by atoms with van der Waals surface area (Å²) < 4.78 is 0. The van der Waals surface area contributed by atoms with E-state index in [0.717, 1.165) is 31.5 Å². The Morgan fingerprint density at radius 1 is 1.30 bits per heavy atom. The fourth-order valence-corrected chi connectivity index (χ4v) is 4.54. The van der Waals surface area contributed by atoms with Gasteiger partial charge in [0.05, 0.1) is 5.69 Å². The van der Waals surface area contributed by atoms with E-state index in [4.69, 9.17) is 4.98 Å². The van der Waals surface area contributed by atoms with Crippen molar-refractivity contribution in [2.75, 3.05) is 19.6 Å². The molecule has 1 N–H and O–H groups in total. The molecule has 1 aromatic rings. The molecule has 3 nitrogen and oxygen atoms in total. The average Bonchev–Trinajstić information content (AvgIpc) is 2.92. The van der Waals surface area contributed by atoms with E-state index in [9.17, 15) is 0 Å². The van der Waals surface area contributed by atoms with Crippen LogP contribution in [0.3, 0.4) is 0 Å². The minimum Gasteiger partial charge on any atom is -0.311 e. The van der Waals surface area contributed by atoms with Gasteiger partial charge in [0, 0.05) is 25.0 Å². The van der Waals surface area contributed by atoms with Gasteiger partial charge in [0.1, 0.15) is 5.01 Å². The number of thiazole rings is 1. The van der Waals surface area contributed by atoms with Gasteiger partial charge < -0.3 is 5.32 Å². The van der Waals surface area contributed by atoms with Crippen LogP contribution >= 0.6 is 11.3 Å². The van der Waals surface area contributed by atoms with Crippen LogP contribution in [0.4, 0.5) is 0 Å². The number of nitrogens with zero attached hydrogens (tertiary/aromatic N) is 2. The average molecular weight is 293 g/mol. The SMILES string of the molecule is CCNCc1nc(CN2CCC3CCCCC3C2)cs1. The molecule has 0 bridgehead atoms. The van der Waals surface area contributed by atoms with Gasteiger partial charge in [0.15, 0.2) is 0 Å². The molecule has 20 heavy (non-hydrogen) atoms. The Labute approximate surface area is 126 Å². The molecule has 2 aliphatic rings. The molecule has 4 heteroatoms. The molecule has 2 atom stereocenters. The Hall–Kier alpha value is -0.450. The van der Waals surface area contributed by atoms with Gasteiger partial charge in [-0.15, -0.1) is 11.3 Å². The van der Waals surface area contributed by atoms with E-state index in [1.165, 1.54) is 55.9 Å². The summed E-state index contributed by atoms with van der Waals surface area (Å²) in [5.41, 5.74) is 1.28. The topological polar surface area (TPSA) is 28.2 Å². The highest BCUT2D eigenvalue weighted by atomic mass is 32.1. The molecule has 1 aliphatic carbocycles. The summed E-state index contributed by atoms with van der Waals surface area (Å²) in [4.78, 5) is 7.40. The first-order chi connectivity index (χ1) is 9.85. The van der Waals surface area contributed by atoms with E-state index in [1.54, 1.807) is 11.3 Å². The third-order valence-electron chi connectivity index (χ3n) is 4.89. The van der Waals surface area contributed by atoms with E-state index in [2.05, 4.69) is 22.5 Å². The number of hydrogen-bond acceptors (Lipinski definition) is 4. The quantitative estimate of drug-likeness (QED) is 0.903. The standard InChI is InChI=1S/C16H27N3S/c1-2-17-9-16-18-15(12-20-16)11-19-8-7-13-5-3-4-6-14(13)10-19/h12-14,17H,2-11H2,1H3. The second kappa shape index (κ2) is 7.01. The third-order valence-corrected chi connectivity index (χ3v) is 5.78. The maximum Gasteiger partial charge on any atom is 0.107 e. The molecule has 0 aromatic carbocycles.